The predicted molar refractivity (Wildman–Crippen MR) is 58.2 cm³/mol. The minimum absolute atomic E-state index is 0.0358. The van der Waals surface area contributed by atoms with Crippen LogP contribution >= 0.6 is 0 Å². The molecule has 0 unspecified atom stereocenters. The lowest BCUT2D eigenvalue weighted by Gasteiger charge is -2.06. The van der Waals surface area contributed by atoms with Crippen molar-refractivity contribution in [1.82, 2.24) is 4.57 Å². The third-order valence-electron chi connectivity index (χ3n) is 2.25. The highest BCUT2D eigenvalue weighted by Crippen LogP contribution is 2.21. The second kappa shape index (κ2) is 6.05. The van der Waals surface area contributed by atoms with Crippen molar-refractivity contribution in [3.05, 3.63) is 12.1 Å². The molecule has 1 rings (SSSR count). The van der Waals surface area contributed by atoms with Crippen LogP contribution in [0.2, 0.25) is 0 Å². The molecule has 1 aromatic rings. The highest BCUT2D eigenvalue weighted by Gasteiger charge is 2.06. The summed E-state index contributed by atoms with van der Waals surface area (Å²) in [6.45, 7) is 2.66. The van der Waals surface area contributed by atoms with Gasteiger partial charge in [-0.2, -0.15) is 0 Å². The van der Waals surface area contributed by atoms with Gasteiger partial charge in [0.05, 0.1) is 6.61 Å². The number of aromatic hydroxyl groups is 2. The van der Waals surface area contributed by atoms with Gasteiger partial charge in [0.1, 0.15) is 0 Å². The molecule has 5 nitrogen and oxygen atoms in total. The highest BCUT2D eigenvalue weighted by molar-refractivity contribution is 5.69. The zero-order valence-electron chi connectivity index (χ0n) is 9.35. The van der Waals surface area contributed by atoms with Crippen molar-refractivity contribution in [2.75, 3.05) is 6.61 Å². The number of ether oxygens (including phenoxy) is 1. The standard InChI is InChI=1S/C11H17NO4/c1-2-16-11(15)5-3-4-8-12-9(13)6-7-10(12)14/h6-7,13-14H,2-5,8H2,1H3. The number of carbonyl (C=O) groups excluding carboxylic acids is 1. The van der Waals surface area contributed by atoms with Gasteiger partial charge in [0, 0.05) is 25.1 Å². The van der Waals surface area contributed by atoms with Crippen LogP contribution in [0.3, 0.4) is 0 Å². The molecule has 0 saturated carbocycles. The fourth-order valence-corrected chi connectivity index (χ4v) is 1.45. The van der Waals surface area contributed by atoms with E-state index in [1.807, 2.05) is 0 Å². The van der Waals surface area contributed by atoms with E-state index in [9.17, 15) is 15.0 Å². The third kappa shape index (κ3) is 3.49. The lowest BCUT2D eigenvalue weighted by molar-refractivity contribution is -0.143. The number of hydrogen-bond donors (Lipinski definition) is 2. The molecule has 0 bridgehead atoms. The minimum Gasteiger partial charge on any atom is -0.494 e. The number of esters is 1. The van der Waals surface area contributed by atoms with Crippen LogP contribution in [0.15, 0.2) is 12.1 Å². The molecule has 5 heteroatoms. The van der Waals surface area contributed by atoms with E-state index in [-0.39, 0.29) is 17.7 Å². The van der Waals surface area contributed by atoms with Crippen molar-refractivity contribution < 1.29 is 19.7 Å². The van der Waals surface area contributed by atoms with E-state index in [1.54, 1.807) is 6.92 Å². The third-order valence-corrected chi connectivity index (χ3v) is 2.25. The molecule has 0 radical (unpaired) electrons. The number of unbranched alkanes of at least 4 members (excludes halogenated alkanes) is 1. The Hall–Kier alpha value is -1.65. The Morgan fingerprint density at radius 1 is 1.31 bits per heavy atom. The molecule has 0 aliphatic carbocycles. The van der Waals surface area contributed by atoms with Crippen LogP contribution < -0.4 is 0 Å². The molecule has 90 valence electrons. The Morgan fingerprint density at radius 2 is 1.94 bits per heavy atom. The first-order valence-corrected chi connectivity index (χ1v) is 5.38. The second-order valence-corrected chi connectivity index (χ2v) is 3.46. The van der Waals surface area contributed by atoms with Crippen molar-refractivity contribution in [1.29, 1.82) is 0 Å². The van der Waals surface area contributed by atoms with Crippen LogP contribution in [0.4, 0.5) is 0 Å². The normalized spacial score (nSPS) is 10.3. The molecule has 0 atom stereocenters. The fourth-order valence-electron chi connectivity index (χ4n) is 1.45. The van der Waals surface area contributed by atoms with Crippen LogP contribution in [0.5, 0.6) is 11.8 Å². The zero-order chi connectivity index (χ0) is 12.0. The molecule has 0 aromatic carbocycles. The summed E-state index contributed by atoms with van der Waals surface area (Å²) in [5.41, 5.74) is 0. The molecule has 0 aliphatic rings. The van der Waals surface area contributed by atoms with E-state index in [4.69, 9.17) is 4.74 Å². The monoisotopic (exact) mass is 227 g/mol. The molecular formula is C11H17NO4. The van der Waals surface area contributed by atoms with Crippen molar-refractivity contribution in [2.24, 2.45) is 0 Å². The largest absolute Gasteiger partial charge is 0.494 e. The number of carbonyl (C=O) groups is 1. The van der Waals surface area contributed by atoms with E-state index in [0.29, 0.717) is 32.4 Å². The molecule has 1 heterocycles. The summed E-state index contributed by atoms with van der Waals surface area (Å²) in [5, 5.41) is 18.7. The first-order valence-electron chi connectivity index (χ1n) is 5.38. The molecule has 0 spiro atoms. The molecule has 0 aliphatic heterocycles. The van der Waals surface area contributed by atoms with E-state index < -0.39 is 0 Å². The van der Waals surface area contributed by atoms with Gasteiger partial charge in [0.2, 0.25) is 0 Å². The Balaban J connectivity index is 2.23. The van der Waals surface area contributed by atoms with Gasteiger partial charge in [-0.3, -0.25) is 9.36 Å². The van der Waals surface area contributed by atoms with Crippen LogP contribution in [0.1, 0.15) is 26.2 Å². The van der Waals surface area contributed by atoms with Crippen LogP contribution in [-0.4, -0.2) is 27.4 Å². The van der Waals surface area contributed by atoms with Crippen molar-refractivity contribution in [3.63, 3.8) is 0 Å². The fraction of sp³-hybridized carbons (Fsp3) is 0.545. The van der Waals surface area contributed by atoms with Gasteiger partial charge >= 0.3 is 5.97 Å². The Kier molecular flexibility index (Phi) is 4.69. The zero-order valence-corrected chi connectivity index (χ0v) is 9.35. The molecule has 0 amide bonds. The van der Waals surface area contributed by atoms with Crippen LogP contribution in [-0.2, 0) is 16.1 Å². The maximum Gasteiger partial charge on any atom is 0.305 e. The van der Waals surface area contributed by atoms with Gasteiger partial charge in [0.25, 0.3) is 0 Å². The molecule has 1 aromatic heterocycles. The summed E-state index contributed by atoms with van der Waals surface area (Å²) in [7, 11) is 0. The maximum absolute atomic E-state index is 11.0. The average molecular weight is 227 g/mol. The van der Waals surface area contributed by atoms with Crippen LogP contribution in [0, 0.1) is 0 Å². The Morgan fingerprint density at radius 3 is 2.50 bits per heavy atom. The molecule has 16 heavy (non-hydrogen) atoms. The van der Waals surface area contributed by atoms with Gasteiger partial charge < -0.3 is 14.9 Å². The van der Waals surface area contributed by atoms with E-state index in [1.165, 1.54) is 16.7 Å². The van der Waals surface area contributed by atoms with Gasteiger partial charge in [-0.15, -0.1) is 0 Å². The number of hydrogen-bond acceptors (Lipinski definition) is 4. The lowest BCUT2D eigenvalue weighted by atomic mass is 10.2. The number of aromatic nitrogens is 1. The van der Waals surface area contributed by atoms with Crippen molar-refractivity contribution in [2.45, 2.75) is 32.7 Å². The van der Waals surface area contributed by atoms with Gasteiger partial charge in [-0.25, -0.2) is 0 Å². The maximum atomic E-state index is 11.0. The number of rotatable bonds is 6. The summed E-state index contributed by atoms with van der Waals surface area (Å²) in [6.07, 6.45) is 1.75. The SMILES string of the molecule is CCOC(=O)CCCCn1c(O)ccc1O. The predicted octanol–water partition coefficient (Wildman–Crippen LogP) is 1.63. The highest BCUT2D eigenvalue weighted by atomic mass is 16.5. The van der Waals surface area contributed by atoms with E-state index in [0.717, 1.165) is 0 Å². The van der Waals surface area contributed by atoms with E-state index in [2.05, 4.69) is 0 Å². The first-order chi connectivity index (χ1) is 7.65. The van der Waals surface area contributed by atoms with Crippen molar-refractivity contribution in [3.8, 4) is 11.8 Å². The van der Waals surface area contributed by atoms with Gasteiger partial charge in [-0.1, -0.05) is 0 Å². The Bertz CT molecular complexity index is 326. The first kappa shape index (κ1) is 12.4. The summed E-state index contributed by atoms with van der Waals surface area (Å²) < 4.78 is 6.18. The quantitative estimate of drug-likeness (QED) is 0.572. The van der Waals surface area contributed by atoms with Crippen LogP contribution in [0.25, 0.3) is 0 Å². The molecule has 0 fully saturated rings. The van der Waals surface area contributed by atoms with Crippen molar-refractivity contribution >= 4 is 5.97 Å². The number of nitrogens with zero attached hydrogens (tertiary/aromatic N) is 1. The summed E-state index contributed by atoms with van der Waals surface area (Å²) >= 11 is 0. The molecule has 0 saturated heterocycles. The lowest BCUT2D eigenvalue weighted by Crippen LogP contribution is -2.04. The summed E-state index contributed by atoms with van der Waals surface area (Å²) in [6, 6.07) is 2.86. The van der Waals surface area contributed by atoms with Gasteiger partial charge in [-0.05, 0) is 19.8 Å². The smallest absolute Gasteiger partial charge is 0.305 e. The molecule has 2 N–H and O–H groups in total. The minimum atomic E-state index is -0.205. The topological polar surface area (TPSA) is 71.7 Å². The Labute approximate surface area is 94.3 Å². The average Bonchev–Trinajstić information content (AvgIpc) is 2.55. The summed E-state index contributed by atoms with van der Waals surface area (Å²) in [4.78, 5) is 11.0. The van der Waals surface area contributed by atoms with E-state index >= 15 is 0 Å². The molecular weight excluding hydrogens is 210 g/mol. The van der Waals surface area contributed by atoms with Gasteiger partial charge in [0.15, 0.2) is 11.8 Å². The summed E-state index contributed by atoms with van der Waals surface area (Å²) in [5.74, 6) is -0.134. The second-order valence-electron chi connectivity index (χ2n) is 3.46.